The first-order valence-corrected chi connectivity index (χ1v) is 7.21. The monoisotopic (exact) mass is 312 g/mol. The Morgan fingerprint density at radius 2 is 1.70 bits per heavy atom. The maximum absolute atomic E-state index is 11.7. The lowest BCUT2D eigenvalue weighted by molar-refractivity contribution is -0.130. The highest BCUT2D eigenvalue weighted by atomic mass is 16.5. The molecule has 0 aliphatic carbocycles. The minimum absolute atomic E-state index is 0.249. The van der Waals surface area contributed by atoms with Crippen LogP contribution in [0.15, 0.2) is 36.4 Å². The van der Waals surface area contributed by atoms with Crippen LogP contribution in [0.25, 0.3) is 11.6 Å². The molecule has 0 bridgehead atoms. The van der Waals surface area contributed by atoms with Gasteiger partial charge < -0.3 is 14.6 Å². The fourth-order valence-corrected chi connectivity index (χ4v) is 2.39. The molecule has 0 heterocycles. The summed E-state index contributed by atoms with van der Waals surface area (Å²) in [4.78, 5) is 11.7. The van der Waals surface area contributed by atoms with Crippen molar-refractivity contribution >= 4 is 17.6 Å². The highest BCUT2D eigenvalue weighted by molar-refractivity contribution is 6.21. The van der Waals surface area contributed by atoms with E-state index in [1.54, 1.807) is 38.5 Å². The first-order chi connectivity index (χ1) is 11.0. The van der Waals surface area contributed by atoms with Gasteiger partial charge in [-0.15, -0.1) is 0 Å². The molecule has 0 aliphatic heterocycles. The number of carbonyl (C=O) groups is 1. The van der Waals surface area contributed by atoms with Gasteiger partial charge in [0.05, 0.1) is 19.8 Å². The lowest BCUT2D eigenvalue weighted by atomic mass is 9.96. The molecule has 2 aromatic rings. The van der Waals surface area contributed by atoms with E-state index in [9.17, 15) is 9.90 Å². The smallest absolute Gasteiger partial charge is 0.336 e. The van der Waals surface area contributed by atoms with Crippen LogP contribution >= 0.6 is 0 Å². The Hall–Kier alpha value is -2.75. The van der Waals surface area contributed by atoms with Crippen LogP contribution in [-0.2, 0) is 4.79 Å². The zero-order valence-corrected chi connectivity index (χ0v) is 13.7. The Morgan fingerprint density at radius 1 is 1.00 bits per heavy atom. The van der Waals surface area contributed by atoms with Crippen molar-refractivity contribution in [3.63, 3.8) is 0 Å². The van der Waals surface area contributed by atoms with Crippen molar-refractivity contribution in [3.05, 3.63) is 58.7 Å². The molecular weight excluding hydrogens is 292 g/mol. The quantitative estimate of drug-likeness (QED) is 0.671. The van der Waals surface area contributed by atoms with Crippen molar-refractivity contribution in [3.8, 4) is 11.5 Å². The molecule has 2 rings (SSSR count). The fraction of sp³-hybridized carbons (Fsp3) is 0.211. The SMILES string of the molecule is COc1ccc(/C=C(\C(=O)O)c2cc(C)ccc2C)cc1OC. The van der Waals surface area contributed by atoms with Crippen LogP contribution in [0.1, 0.15) is 22.3 Å². The van der Waals surface area contributed by atoms with Crippen molar-refractivity contribution in [1.82, 2.24) is 0 Å². The number of hydrogen-bond acceptors (Lipinski definition) is 3. The number of ether oxygens (including phenoxy) is 2. The van der Waals surface area contributed by atoms with E-state index in [0.717, 1.165) is 16.7 Å². The van der Waals surface area contributed by atoms with Crippen LogP contribution in [0.5, 0.6) is 11.5 Å². The van der Waals surface area contributed by atoms with Crippen LogP contribution < -0.4 is 9.47 Å². The van der Waals surface area contributed by atoms with Crippen LogP contribution in [0, 0.1) is 13.8 Å². The summed E-state index contributed by atoms with van der Waals surface area (Å²) in [7, 11) is 3.11. The first-order valence-electron chi connectivity index (χ1n) is 7.21. The van der Waals surface area contributed by atoms with E-state index in [0.29, 0.717) is 17.1 Å². The second-order valence-corrected chi connectivity index (χ2v) is 5.30. The highest BCUT2D eigenvalue weighted by Crippen LogP contribution is 2.30. The molecule has 120 valence electrons. The summed E-state index contributed by atoms with van der Waals surface area (Å²) in [6.45, 7) is 3.85. The molecule has 0 fully saturated rings. The summed E-state index contributed by atoms with van der Waals surface area (Å²) in [6, 6.07) is 11.1. The average Bonchev–Trinajstić information content (AvgIpc) is 2.54. The van der Waals surface area contributed by atoms with Gasteiger partial charge >= 0.3 is 5.97 Å². The van der Waals surface area contributed by atoms with Crippen molar-refractivity contribution in [2.75, 3.05) is 14.2 Å². The molecule has 0 saturated carbocycles. The van der Waals surface area contributed by atoms with Gasteiger partial charge in [-0.3, -0.25) is 0 Å². The molecule has 4 nitrogen and oxygen atoms in total. The van der Waals surface area contributed by atoms with E-state index >= 15 is 0 Å². The Bertz CT molecular complexity index is 760. The molecule has 0 amide bonds. The van der Waals surface area contributed by atoms with Gasteiger partial charge in [0.25, 0.3) is 0 Å². The number of benzene rings is 2. The Kier molecular flexibility index (Phi) is 5.06. The predicted molar refractivity (Wildman–Crippen MR) is 91.0 cm³/mol. The lowest BCUT2D eigenvalue weighted by Gasteiger charge is -2.10. The second-order valence-electron chi connectivity index (χ2n) is 5.30. The normalized spacial score (nSPS) is 11.2. The standard InChI is InChI=1S/C19H20O4/c1-12-5-6-13(2)15(9-12)16(19(20)21)10-14-7-8-17(22-3)18(11-14)23-4/h5-11H,1-4H3,(H,20,21)/b16-10-. The van der Waals surface area contributed by atoms with Gasteiger partial charge in [-0.2, -0.15) is 0 Å². The van der Waals surface area contributed by atoms with Gasteiger partial charge in [0.1, 0.15) is 0 Å². The summed E-state index contributed by atoms with van der Waals surface area (Å²) in [5.74, 6) is 0.202. The molecule has 0 aromatic heterocycles. The van der Waals surface area contributed by atoms with Crippen molar-refractivity contribution in [1.29, 1.82) is 0 Å². The molecule has 0 aliphatic rings. The number of rotatable bonds is 5. The van der Waals surface area contributed by atoms with E-state index in [-0.39, 0.29) is 5.57 Å². The Labute approximate surface area is 136 Å². The summed E-state index contributed by atoms with van der Waals surface area (Å²) in [6.07, 6.45) is 1.64. The van der Waals surface area contributed by atoms with Crippen LogP contribution in [0.4, 0.5) is 0 Å². The third-order valence-corrected chi connectivity index (χ3v) is 3.63. The predicted octanol–water partition coefficient (Wildman–Crippen LogP) is 3.95. The summed E-state index contributed by atoms with van der Waals surface area (Å²) in [5, 5.41) is 9.61. The number of aryl methyl sites for hydroxylation is 2. The zero-order chi connectivity index (χ0) is 17.0. The second kappa shape index (κ2) is 7.01. The van der Waals surface area contributed by atoms with Gasteiger partial charge in [0.2, 0.25) is 0 Å². The summed E-state index contributed by atoms with van der Waals surface area (Å²) >= 11 is 0. The Morgan fingerprint density at radius 3 is 2.30 bits per heavy atom. The van der Waals surface area contributed by atoms with Gasteiger partial charge in [-0.25, -0.2) is 4.79 Å². The summed E-state index contributed by atoms with van der Waals surface area (Å²) in [5.41, 5.74) is 3.64. The zero-order valence-electron chi connectivity index (χ0n) is 13.7. The highest BCUT2D eigenvalue weighted by Gasteiger charge is 2.14. The van der Waals surface area contributed by atoms with E-state index in [2.05, 4.69) is 0 Å². The molecule has 0 atom stereocenters. The largest absolute Gasteiger partial charge is 0.493 e. The maximum atomic E-state index is 11.7. The van der Waals surface area contributed by atoms with E-state index in [1.165, 1.54) is 0 Å². The molecule has 23 heavy (non-hydrogen) atoms. The lowest BCUT2D eigenvalue weighted by Crippen LogP contribution is -2.02. The minimum atomic E-state index is -0.964. The van der Waals surface area contributed by atoms with Gasteiger partial charge in [-0.05, 0) is 48.7 Å². The summed E-state index contributed by atoms with van der Waals surface area (Å²) < 4.78 is 10.5. The molecule has 0 radical (unpaired) electrons. The first kappa shape index (κ1) is 16.6. The fourth-order valence-electron chi connectivity index (χ4n) is 2.39. The average molecular weight is 312 g/mol. The third-order valence-electron chi connectivity index (χ3n) is 3.63. The number of hydrogen-bond donors (Lipinski definition) is 1. The molecule has 0 spiro atoms. The van der Waals surface area contributed by atoms with Crippen LogP contribution in [0.2, 0.25) is 0 Å². The van der Waals surface area contributed by atoms with E-state index < -0.39 is 5.97 Å². The number of methoxy groups -OCH3 is 2. The third kappa shape index (κ3) is 3.72. The number of carboxylic acids is 1. The van der Waals surface area contributed by atoms with E-state index in [4.69, 9.17) is 9.47 Å². The minimum Gasteiger partial charge on any atom is -0.493 e. The van der Waals surface area contributed by atoms with Crippen LogP contribution in [0.3, 0.4) is 0 Å². The van der Waals surface area contributed by atoms with E-state index in [1.807, 2.05) is 32.0 Å². The molecule has 1 N–H and O–H groups in total. The Balaban J connectivity index is 2.56. The van der Waals surface area contributed by atoms with Crippen LogP contribution in [-0.4, -0.2) is 25.3 Å². The molecule has 2 aromatic carbocycles. The van der Waals surface area contributed by atoms with Gasteiger partial charge in [-0.1, -0.05) is 29.8 Å². The van der Waals surface area contributed by atoms with Gasteiger partial charge in [0.15, 0.2) is 11.5 Å². The molecule has 0 saturated heterocycles. The molecule has 0 unspecified atom stereocenters. The number of aliphatic carboxylic acids is 1. The van der Waals surface area contributed by atoms with Crippen molar-refractivity contribution < 1.29 is 19.4 Å². The molecule has 4 heteroatoms. The maximum Gasteiger partial charge on any atom is 0.336 e. The number of carboxylic acid groups (broad SMARTS) is 1. The van der Waals surface area contributed by atoms with Gasteiger partial charge in [0, 0.05) is 0 Å². The van der Waals surface area contributed by atoms with Crippen molar-refractivity contribution in [2.24, 2.45) is 0 Å². The van der Waals surface area contributed by atoms with Crippen molar-refractivity contribution in [2.45, 2.75) is 13.8 Å². The topological polar surface area (TPSA) is 55.8 Å². The molecular formula is C19H20O4.